The molecule has 1 unspecified atom stereocenters. The first-order valence-corrected chi connectivity index (χ1v) is 9.80. The van der Waals surface area contributed by atoms with Crippen LogP contribution >= 0.6 is 0 Å². The fourth-order valence-corrected chi connectivity index (χ4v) is 3.56. The summed E-state index contributed by atoms with van der Waals surface area (Å²) in [6.45, 7) is 14.6. The zero-order valence-electron chi connectivity index (χ0n) is 17.2. The summed E-state index contributed by atoms with van der Waals surface area (Å²) in [7, 11) is 2.19. The van der Waals surface area contributed by atoms with Crippen molar-refractivity contribution in [3.05, 3.63) is 17.0 Å². The Morgan fingerprint density at radius 1 is 1.28 bits per heavy atom. The van der Waals surface area contributed by atoms with Crippen molar-refractivity contribution in [3.63, 3.8) is 0 Å². The number of carbonyl (C=O) groups is 1. The summed E-state index contributed by atoms with van der Waals surface area (Å²) < 4.78 is 5.26. The molecule has 1 rings (SSSR count). The van der Waals surface area contributed by atoms with Crippen molar-refractivity contribution >= 4 is 5.91 Å². The van der Waals surface area contributed by atoms with Crippen molar-refractivity contribution in [2.75, 3.05) is 20.1 Å². The number of aromatic nitrogens is 1. The van der Waals surface area contributed by atoms with E-state index in [4.69, 9.17) is 4.52 Å². The molecule has 0 aliphatic heterocycles. The van der Waals surface area contributed by atoms with Gasteiger partial charge in [-0.1, -0.05) is 39.3 Å². The second-order valence-corrected chi connectivity index (χ2v) is 7.20. The van der Waals surface area contributed by atoms with Gasteiger partial charge < -0.3 is 14.7 Å². The molecule has 0 radical (unpaired) electrons. The van der Waals surface area contributed by atoms with Crippen LogP contribution < -0.4 is 5.32 Å². The summed E-state index contributed by atoms with van der Waals surface area (Å²) in [6, 6.07) is 0.402. The number of amides is 1. The van der Waals surface area contributed by atoms with E-state index in [1.54, 1.807) is 0 Å². The Morgan fingerprint density at radius 3 is 2.40 bits per heavy atom. The Kier molecular flexibility index (Phi) is 8.63. The van der Waals surface area contributed by atoms with E-state index in [1.165, 1.54) is 12.8 Å². The van der Waals surface area contributed by atoms with Crippen LogP contribution in [0.25, 0.3) is 0 Å². The van der Waals surface area contributed by atoms with Crippen LogP contribution in [0.15, 0.2) is 4.52 Å². The minimum absolute atomic E-state index is 0.0589. The number of aryl methyl sites for hydroxylation is 1. The van der Waals surface area contributed by atoms with Gasteiger partial charge in [-0.05, 0) is 46.7 Å². The molecular formula is C20H37N3O2. The Balaban J connectivity index is 2.82. The summed E-state index contributed by atoms with van der Waals surface area (Å²) in [4.78, 5) is 15.0. The third-order valence-electron chi connectivity index (χ3n) is 5.98. The summed E-state index contributed by atoms with van der Waals surface area (Å²) in [6.07, 6.45) is 5.21. The van der Waals surface area contributed by atoms with Crippen LogP contribution in [0.5, 0.6) is 0 Å². The molecular weight excluding hydrogens is 314 g/mol. The first-order valence-electron chi connectivity index (χ1n) is 9.80. The lowest BCUT2D eigenvalue weighted by Crippen LogP contribution is -2.50. The Bertz CT molecular complexity index is 535. The number of unbranched alkanes of at least 4 members (excludes halogenated alkanes) is 1. The first-order chi connectivity index (χ1) is 11.9. The molecule has 25 heavy (non-hydrogen) atoms. The molecule has 0 saturated carbocycles. The molecule has 1 heterocycles. The molecule has 0 saturated heterocycles. The first kappa shape index (κ1) is 21.7. The highest BCUT2D eigenvalue weighted by molar-refractivity contribution is 5.93. The molecule has 0 aromatic carbocycles. The number of carbonyl (C=O) groups excluding carboxylic acids is 1. The lowest BCUT2D eigenvalue weighted by molar-refractivity contribution is 0.0720. The normalized spacial score (nSPS) is 13.3. The van der Waals surface area contributed by atoms with Gasteiger partial charge in [-0.15, -0.1) is 0 Å². The molecule has 0 aliphatic rings. The number of hydrogen-bond acceptors (Lipinski definition) is 4. The molecule has 0 aliphatic carbocycles. The minimum atomic E-state index is -0.129. The van der Waals surface area contributed by atoms with E-state index in [0.29, 0.717) is 18.3 Å². The third-order valence-corrected chi connectivity index (χ3v) is 5.98. The number of nitrogens with one attached hydrogen (secondary N) is 1. The zero-order valence-corrected chi connectivity index (χ0v) is 17.2. The van der Waals surface area contributed by atoms with Gasteiger partial charge in [-0.2, -0.15) is 0 Å². The van der Waals surface area contributed by atoms with E-state index in [1.807, 2.05) is 13.8 Å². The van der Waals surface area contributed by atoms with E-state index in [2.05, 4.69) is 50.1 Å². The monoisotopic (exact) mass is 351 g/mol. The van der Waals surface area contributed by atoms with Gasteiger partial charge in [-0.3, -0.25) is 4.79 Å². The number of rotatable bonds is 11. The summed E-state index contributed by atoms with van der Waals surface area (Å²) in [5.41, 5.74) is 1.33. The van der Waals surface area contributed by atoms with Gasteiger partial charge in [0.2, 0.25) is 0 Å². The molecule has 5 nitrogen and oxygen atoms in total. The SMILES string of the molecule is CCCCN(C)C(C)C(CC)(CC)CNC(=O)c1noc(CC)c1C. The van der Waals surface area contributed by atoms with Crippen LogP contribution in [0, 0.1) is 12.3 Å². The minimum Gasteiger partial charge on any atom is -0.360 e. The Hall–Kier alpha value is -1.36. The fraction of sp³-hybridized carbons (Fsp3) is 0.800. The van der Waals surface area contributed by atoms with Gasteiger partial charge in [0.1, 0.15) is 5.76 Å². The molecule has 1 amide bonds. The summed E-state index contributed by atoms with van der Waals surface area (Å²) in [5, 5.41) is 7.09. The third kappa shape index (κ3) is 5.06. The topological polar surface area (TPSA) is 58.4 Å². The van der Waals surface area contributed by atoms with Gasteiger partial charge in [0.15, 0.2) is 5.69 Å². The van der Waals surface area contributed by atoms with E-state index in [0.717, 1.165) is 37.1 Å². The van der Waals surface area contributed by atoms with Crippen molar-refractivity contribution in [2.45, 2.75) is 79.7 Å². The number of hydrogen-bond donors (Lipinski definition) is 1. The zero-order chi connectivity index (χ0) is 19.0. The van der Waals surface area contributed by atoms with Crippen molar-refractivity contribution in [1.82, 2.24) is 15.4 Å². The van der Waals surface area contributed by atoms with Crippen LogP contribution in [-0.2, 0) is 6.42 Å². The van der Waals surface area contributed by atoms with E-state index >= 15 is 0 Å². The van der Waals surface area contributed by atoms with Gasteiger partial charge in [-0.25, -0.2) is 0 Å². The molecule has 1 aromatic heterocycles. The molecule has 0 fully saturated rings. The Morgan fingerprint density at radius 2 is 1.92 bits per heavy atom. The predicted octanol–water partition coefficient (Wildman–Crippen LogP) is 4.20. The summed E-state index contributed by atoms with van der Waals surface area (Å²) in [5.74, 6) is 0.658. The standard InChI is InChI=1S/C20H37N3O2/c1-8-12-13-23(7)16(6)20(10-3,11-4)14-21-19(24)18-15(5)17(9-2)25-22-18/h16H,8-14H2,1-7H3,(H,21,24). The van der Waals surface area contributed by atoms with Gasteiger partial charge in [0.25, 0.3) is 5.91 Å². The van der Waals surface area contributed by atoms with E-state index in [9.17, 15) is 4.79 Å². The van der Waals surface area contributed by atoms with Crippen molar-refractivity contribution in [1.29, 1.82) is 0 Å². The van der Waals surface area contributed by atoms with Crippen LogP contribution in [0.1, 0.15) is 82.1 Å². The molecule has 1 atom stereocenters. The highest BCUT2D eigenvalue weighted by atomic mass is 16.5. The van der Waals surface area contributed by atoms with Crippen molar-refractivity contribution in [3.8, 4) is 0 Å². The van der Waals surface area contributed by atoms with E-state index in [-0.39, 0.29) is 11.3 Å². The molecule has 144 valence electrons. The maximum atomic E-state index is 12.6. The highest BCUT2D eigenvalue weighted by Gasteiger charge is 2.35. The molecule has 5 heteroatoms. The Labute approximate surface area is 153 Å². The molecule has 1 N–H and O–H groups in total. The molecule has 0 bridgehead atoms. The lowest BCUT2D eigenvalue weighted by atomic mass is 9.75. The second-order valence-electron chi connectivity index (χ2n) is 7.20. The van der Waals surface area contributed by atoms with Crippen LogP contribution in [0.4, 0.5) is 0 Å². The molecule has 1 aromatic rings. The van der Waals surface area contributed by atoms with Crippen LogP contribution in [0.3, 0.4) is 0 Å². The van der Waals surface area contributed by atoms with Gasteiger partial charge in [0, 0.05) is 30.0 Å². The number of nitrogens with zero attached hydrogens (tertiary/aromatic N) is 2. The quantitative estimate of drug-likeness (QED) is 0.649. The van der Waals surface area contributed by atoms with Gasteiger partial charge in [0.05, 0.1) is 0 Å². The fourth-order valence-electron chi connectivity index (χ4n) is 3.56. The summed E-state index contributed by atoms with van der Waals surface area (Å²) >= 11 is 0. The maximum Gasteiger partial charge on any atom is 0.273 e. The highest BCUT2D eigenvalue weighted by Crippen LogP contribution is 2.33. The van der Waals surface area contributed by atoms with Crippen LogP contribution in [-0.4, -0.2) is 42.1 Å². The maximum absolute atomic E-state index is 12.6. The average molecular weight is 352 g/mol. The largest absolute Gasteiger partial charge is 0.360 e. The van der Waals surface area contributed by atoms with Gasteiger partial charge >= 0.3 is 0 Å². The smallest absolute Gasteiger partial charge is 0.273 e. The average Bonchev–Trinajstić information content (AvgIpc) is 3.01. The van der Waals surface area contributed by atoms with Crippen molar-refractivity contribution in [2.24, 2.45) is 5.41 Å². The predicted molar refractivity (Wildman–Crippen MR) is 103 cm³/mol. The van der Waals surface area contributed by atoms with Crippen molar-refractivity contribution < 1.29 is 9.32 Å². The lowest BCUT2D eigenvalue weighted by Gasteiger charge is -2.42. The molecule has 0 spiro atoms. The van der Waals surface area contributed by atoms with E-state index < -0.39 is 0 Å². The van der Waals surface area contributed by atoms with Crippen LogP contribution in [0.2, 0.25) is 0 Å². The second kappa shape index (κ2) is 9.95.